The van der Waals surface area contributed by atoms with Crippen LogP contribution in [0.4, 0.5) is 0 Å². The van der Waals surface area contributed by atoms with E-state index in [0.29, 0.717) is 5.78 Å². The zero-order valence-electron chi connectivity index (χ0n) is 11.0. The number of benzene rings is 1. The van der Waals surface area contributed by atoms with E-state index in [2.05, 4.69) is 44.7 Å². The summed E-state index contributed by atoms with van der Waals surface area (Å²) in [5, 5.41) is 1.55. The lowest BCUT2D eigenvalue weighted by Crippen LogP contribution is -2.45. The van der Waals surface area contributed by atoms with Crippen molar-refractivity contribution in [2.45, 2.75) is 51.1 Å². The Balaban J connectivity index is 2.31. The van der Waals surface area contributed by atoms with Crippen LogP contribution in [0.5, 0.6) is 0 Å². The first-order chi connectivity index (χ1) is 8.07. The highest BCUT2D eigenvalue weighted by Gasteiger charge is 2.41. The second-order valence-electron chi connectivity index (χ2n) is 5.53. The number of carbonyl (C=O) groups excluding carboxylic acids is 1. The molecule has 0 aliphatic heterocycles. The molecule has 2 rings (SSSR count). The van der Waals surface area contributed by atoms with Crippen molar-refractivity contribution < 1.29 is 4.79 Å². The fraction of sp³-hybridized carbons (Fsp3) is 0.533. The van der Waals surface area contributed by atoms with Crippen LogP contribution >= 0.6 is 0 Å². The van der Waals surface area contributed by atoms with E-state index < -0.39 is 8.80 Å². The molecule has 1 saturated carbocycles. The van der Waals surface area contributed by atoms with Crippen molar-refractivity contribution in [3.05, 3.63) is 29.8 Å². The number of rotatable bonds is 4. The summed E-state index contributed by atoms with van der Waals surface area (Å²) in [6.45, 7) is 6.90. The van der Waals surface area contributed by atoms with Gasteiger partial charge in [-0.05, 0) is 5.56 Å². The quantitative estimate of drug-likeness (QED) is 0.745. The molecule has 91 valence electrons. The Morgan fingerprint density at radius 1 is 1.29 bits per heavy atom. The van der Waals surface area contributed by atoms with Crippen molar-refractivity contribution in [1.29, 1.82) is 0 Å². The Kier molecular flexibility index (Phi) is 3.52. The van der Waals surface area contributed by atoms with Crippen LogP contribution in [0.3, 0.4) is 0 Å². The minimum atomic E-state index is -0.435. The van der Waals surface area contributed by atoms with Crippen molar-refractivity contribution in [1.82, 2.24) is 0 Å². The van der Waals surface area contributed by atoms with Gasteiger partial charge in [-0.25, -0.2) is 0 Å². The minimum absolute atomic E-state index is 0.132. The lowest BCUT2D eigenvalue weighted by molar-refractivity contribution is -0.127. The summed E-state index contributed by atoms with van der Waals surface area (Å²) < 4.78 is 0. The average Bonchev–Trinajstić information content (AvgIpc) is 2.27. The van der Waals surface area contributed by atoms with Crippen LogP contribution in [0.1, 0.15) is 38.7 Å². The molecule has 0 unspecified atom stereocenters. The standard InChI is InChI=1S/C15H21OSi/c1-4-9-17(3)14-8-6-5-7-13(14)15(2)10-12(16)11-15/h5-8H,4,9-11H2,1-3H3. The van der Waals surface area contributed by atoms with Gasteiger partial charge in [0, 0.05) is 18.3 Å². The Morgan fingerprint density at radius 2 is 1.94 bits per heavy atom. The van der Waals surface area contributed by atoms with Crippen molar-refractivity contribution >= 4 is 19.8 Å². The Morgan fingerprint density at radius 3 is 2.53 bits per heavy atom. The monoisotopic (exact) mass is 245 g/mol. The largest absolute Gasteiger partial charge is 0.300 e. The van der Waals surface area contributed by atoms with Crippen molar-refractivity contribution in [2.24, 2.45) is 0 Å². The van der Waals surface area contributed by atoms with Gasteiger partial charge in [0.15, 0.2) is 0 Å². The molecule has 0 bridgehead atoms. The van der Waals surface area contributed by atoms with E-state index in [-0.39, 0.29) is 5.41 Å². The number of hydrogen-bond donors (Lipinski definition) is 0. The van der Waals surface area contributed by atoms with Gasteiger partial charge < -0.3 is 0 Å². The Labute approximate surface area is 106 Å². The van der Waals surface area contributed by atoms with Crippen LogP contribution < -0.4 is 5.19 Å². The first kappa shape index (κ1) is 12.6. The number of carbonyl (C=O) groups is 1. The molecule has 0 amide bonds. The summed E-state index contributed by atoms with van der Waals surface area (Å²) in [5.74, 6) is 0.419. The smallest absolute Gasteiger partial charge is 0.134 e. The Hall–Kier alpha value is -0.893. The summed E-state index contributed by atoms with van der Waals surface area (Å²) in [4.78, 5) is 11.3. The molecular formula is C15H21OSi. The third kappa shape index (κ3) is 2.37. The molecule has 0 N–H and O–H groups in total. The SMILES string of the molecule is CCC[Si](C)c1ccccc1C1(C)CC(=O)C1. The van der Waals surface area contributed by atoms with Gasteiger partial charge in [0.25, 0.3) is 0 Å². The van der Waals surface area contributed by atoms with Gasteiger partial charge in [-0.2, -0.15) is 0 Å². The summed E-state index contributed by atoms with van der Waals surface area (Å²) in [7, 11) is -0.435. The topological polar surface area (TPSA) is 17.1 Å². The molecular weight excluding hydrogens is 224 g/mol. The predicted molar refractivity (Wildman–Crippen MR) is 74.4 cm³/mol. The van der Waals surface area contributed by atoms with Gasteiger partial charge in [0.05, 0.1) is 8.80 Å². The molecule has 0 saturated heterocycles. The molecule has 1 aromatic carbocycles. The van der Waals surface area contributed by atoms with Crippen LogP contribution in [-0.2, 0) is 10.2 Å². The molecule has 0 spiro atoms. The molecule has 0 aromatic heterocycles. The molecule has 0 heterocycles. The van der Waals surface area contributed by atoms with Crippen molar-refractivity contribution in [3.63, 3.8) is 0 Å². The van der Waals surface area contributed by atoms with Gasteiger partial charge >= 0.3 is 0 Å². The maximum atomic E-state index is 11.3. The maximum Gasteiger partial charge on any atom is 0.134 e. The molecule has 1 radical (unpaired) electrons. The van der Waals surface area contributed by atoms with Crippen molar-refractivity contribution in [3.8, 4) is 0 Å². The molecule has 2 heteroatoms. The number of hydrogen-bond acceptors (Lipinski definition) is 1. The van der Waals surface area contributed by atoms with E-state index >= 15 is 0 Å². The molecule has 1 aliphatic rings. The fourth-order valence-electron chi connectivity index (χ4n) is 2.90. The molecule has 17 heavy (non-hydrogen) atoms. The van der Waals surface area contributed by atoms with Crippen LogP contribution in [0.15, 0.2) is 24.3 Å². The highest BCUT2D eigenvalue weighted by molar-refractivity contribution is 6.72. The van der Waals surface area contributed by atoms with Crippen LogP contribution in [0, 0.1) is 0 Å². The van der Waals surface area contributed by atoms with Gasteiger partial charge in [-0.15, -0.1) is 0 Å². The average molecular weight is 245 g/mol. The first-order valence-electron chi connectivity index (χ1n) is 6.51. The molecule has 1 fully saturated rings. The van der Waals surface area contributed by atoms with Crippen molar-refractivity contribution in [2.75, 3.05) is 0 Å². The molecule has 1 aromatic rings. The van der Waals surface area contributed by atoms with Crippen LogP contribution in [0.2, 0.25) is 12.6 Å². The summed E-state index contributed by atoms with van der Waals surface area (Å²) in [5.41, 5.74) is 1.58. The molecule has 1 aliphatic carbocycles. The van der Waals surface area contributed by atoms with E-state index in [0.717, 1.165) is 12.8 Å². The maximum absolute atomic E-state index is 11.3. The lowest BCUT2D eigenvalue weighted by atomic mass is 9.65. The Bertz CT molecular complexity index is 417. The van der Waals surface area contributed by atoms with Gasteiger partial charge in [-0.1, -0.05) is 62.3 Å². The zero-order valence-corrected chi connectivity index (χ0v) is 12.0. The normalized spacial score (nSPS) is 18.2. The third-order valence-corrected chi connectivity index (χ3v) is 6.44. The molecule has 1 nitrogen and oxygen atoms in total. The molecule has 0 atom stereocenters. The van der Waals surface area contributed by atoms with E-state index in [1.807, 2.05) is 0 Å². The zero-order chi connectivity index (χ0) is 12.5. The summed E-state index contributed by atoms with van der Waals surface area (Å²) >= 11 is 0. The fourth-order valence-corrected chi connectivity index (χ4v) is 5.15. The van der Waals surface area contributed by atoms with Gasteiger partial charge in [0.2, 0.25) is 0 Å². The number of ketones is 1. The van der Waals surface area contributed by atoms with E-state index in [9.17, 15) is 4.79 Å². The van der Waals surface area contributed by atoms with E-state index in [1.54, 1.807) is 5.19 Å². The highest BCUT2D eigenvalue weighted by atomic mass is 28.3. The van der Waals surface area contributed by atoms with E-state index in [1.165, 1.54) is 18.0 Å². The summed E-state index contributed by atoms with van der Waals surface area (Å²) in [6, 6.07) is 10.1. The lowest BCUT2D eigenvalue weighted by Gasteiger charge is -2.39. The van der Waals surface area contributed by atoms with E-state index in [4.69, 9.17) is 0 Å². The summed E-state index contributed by atoms with van der Waals surface area (Å²) in [6.07, 6.45) is 2.74. The van der Waals surface area contributed by atoms with Gasteiger partial charge in [0.1, 0.15) is 5.78 Å². The second kappa shape index (κ2) is 4.77. The highest BCUT2D eigenvalue weighted by Crippen LogP contribution is 2.40. The predicted octanol–water partition coefficient (Wildman–Crippen LogP) is 3.05. The van der Waals surface area contributed by atoms with Gasteiger partial charge in [-0.3, -0.25) is 4.79 Å². The van der Waals surface area contributed by atoms with Crippen LogP contribution in [0.25, 0.3) is 0 Å². The third-order valence-electron chi connectivity index (χ3n) is 3.84. The number of Topliss-reactive ketones (excluding diaryl/α,β-unsaturated/α-hetero) is 1. The van der Waals surface area contributed by atoms with Crippen LogP contribution in [-0.4, -0.2) is 14.6 Å². The second-order valence-corrected chi connectivity index (χ2v) is 8.13. The minimum Gasteiger partial charge on any atom is -0.300 e. The first-order valence-corrected chi connectivity index (χ1v) is 8.71.